The van der Waals surface area contributed by atoms with Gasteiger partial charge in [0.2, 0.25) is 5.91 Å². The fourth-order valence-electron chi connectivity index (χ4n) is 1.39. The Kier molecular flexibility index (Phi) is 8.61. The van der Waals surface area contributed by atoms with Crippen LogP contribution in [-0.2, 0) is 23.9 Å². The summed E-state index contributed by atoms with van der Waals surface area (Å²) in [7, 11) is 1.31. The molecule has 0 heterocycles. The highest BCUT2D eigenvalue weighted by Crippen LogP contribution is 2.01. The lowest BCUT2D eigenvalue weighted by Gasteiger charge is -2.20. The van der Waals surface area contributed by atoms with E-state index in [2.05, 4.69) is 4.74 Å². The van der Waals surface area contributed by atoms with Crippen LogP contribution < -0.4 is 0 Å². The van der Waals surface area contributed by atoms with Gasteiger partial charge in [-0.05, 0) is 13.8 Å². The number of rotatable bonds is 8. The van der Waals surface area contributed by atoms with Crippen LogP contribution in [0.2, 0.25) is 0 Å². The average molecular weight is 259 g/mol. The van der Waals surface area contributed by atoms with E-state index in [1.165, 1.54) is 12.0 Å². The highest BCUT2D eigenvalue weighted by molar-refractivity contribution is 5.81. The largest absolute Gasteiger partial charge is 0.469 e. The van der Waals surface area contributed by atoms with Crippen LogP contribution in [0, 0.1) is 0 Å². The molecule has 0 aromatic rings. The number of amides is 1. The highest BCUT2D eigenvalue weighted by atomic mass is 16.5. The number of hydrogen-bond acceptors (Lipinski definition) is 5. The Labute approximate surface area is 107 Å². The van der Waals surface area contributed by atoms with E-state index in [-0.39, 0.29) is 37.1 Å². The topological polar surface area (TPSA) is 72.9 Å². The zero-order chi connectivity index (χ0) is 14.0. The van der Waals surface area contributed by atoms with E-state index in [0.29, 0.717) is 19.7 Å². The molecule has 0 aromatic carbocycles. The maximum absolute atomic E-state index is 11.7. The maximum Gasteiger partial charge on any atom is 0.307 e. The molecule has 0 radical (unpaired) electrons. The third-order valence-corrected chi connectivity index (χ3v) is 2.40. The van der Waals surface area contributed by atoms with Gasteiger partial charge in [0.1, 0.15) is 0 Å². The number of esters is 2. The Balaban J connectivity index is 4.03. The SMILES string of the molecule is CCOC(=O)CCC(=O)N(CC)CCC(=O)OC. The summed E-state index contributed by atoms with van der Waals surface area (Å²) in [5.41, 5.74) is 0. The van der Waals surface area contributed by atoms with E-state index >= 15 is 0 Å². The molecule has 0 fully saturated rings. The molecule has 0 saturated heterocycles. The molecule has 0 aromatic heterocycles. The van der Waals surface area contributed by atoms with Crippen molar-refractivity contribution in [1.82, 2.24) is 4.90 Å². The number of methoxy groups -OCH3 is 1. The van der Waals surface area contributed by atoms with Crippen LogP contribution in [0.4, 0.5) is 0 Å². The lowest BCUT2D eigenvalue weighted by molar-refractivity contribution is -0.146. The van der Waals surface area contributed by atoms with Gasteiger partial charge in [-0.1, -0.05) is 0 Å². The summed E-state index contributed by atoms with van der Waals surface area (Å²) in [5, 5.41) is 0. The van der Waals surface area contributed by atoms with Crippen molar-refractivity contribution >= 4 is 17.8 Å². The molecule has 104 valence electrons. The smallest absolute Gasteiger partial charge is 0.307 e. The molecule has 0 saturated carbocycles. The summed E-state index contributed by atoms with van der Waals surface area (Å²) in [5.74, 6) is -0.893. The Morgan fingerprint density at radius 3 is 2.17 bits per heavy atom. The summed E-state index contributed by atoms with van der Waals surface area (Å²) in [6, 6.07) is 0. The molecule has 0 rings (SSSR count). The molecule has 0 aliphatic heterocycles. The second kappa shape index (κ2) is 9.44. The number of ether oxygens (including phenoxy) is 2. The summed E-state index contributed by atoms with van der Waals surface area (Å²) >= 11 is 0. The van der Waals surface area contributed by atoms with Gasteiger partial charge in [0.05, 0.1) is 26.6 Å². The van der Waals surface area contributed by atoms with Gasteiger partial charge in [0, 0.05) is 19.5 Å². The Bertz CT molecular complexity index is 290. The second-order valence-corrected chi connectivity index (χ2v) is 3.60. The summed E-state index contributed by atoms with van der Waals surface area (Å²) in [4.78, 5) is 35.3. The molecular weight excluding hydrogens is 238 g/mol. The molecule has 0 aliphatic carbocycles. The first-order valence-electron chi connectivity index (χ1n) is 6.05. The van der Waals surface area contributed by atoms with Gasteiger partial charge in [0.25, 0.3) is 0 Å². The molecule has 0 bridgehead atoms. The molecule has 0 N–H and O–H groups in total. The van der Waals surface area contributed by atoms with Crippen LogP contribution in [0.25, 0.3) is 0 Å². The van der Waals surface area contributed by atoms with Crippen LogP contribution in [0.15, 0.2) is 0 Å². The van der Waals surface area contributed by atoms with Crippen molar-refractivity contribution in [2.24, 2.45) is 0 Å². The van der Waals surface area contributed by atoms with Gasteiger partial charge in [-0.2, -0.15) is 0 Å². The van der Waals surface area contributed by atoms with Crippen LogP contribution in [0.5, 0.6) is 0 Å². The molecule has 0 spiro atoms. The molecule has 0 atom stereocenters. The van der Waals surface area contributed by atoms with Gasteiger partial charge >= 0.3 is 11.9 Å². The molecule has 18 heavy (non-hydrogen) atoms. The fourth-order valence-corrected chi connectivity index (χ4v) is 1.39. The minimum Gasteiger partial charge on any atom is -0.469 e. The van der Waals surface area contributed by atoms with E-state index in [4.69, 9.17) is 4.74 Å². The van der Waals surface area contributed by atoms with Gasteiger partial charge < -0.3 is 14.4 Å². The van der Waals surface area contributed by atoms with Gasteiger partial charge in [-0.25, -0.2) is 0 Å². The third-order valence-electron chi connectivity index (χ3n) is 2.40. The van der Waals surface area contributed by atoms with E-state index in [9.17, 15) is 14.4 Å². The van der Waals surface area contributed by atoms with Crippen LogP contribution in [-0.4, -0.2) is 49.6 Å². The van der Waals surface area contributed by atoms with Crippen molar-refractivity contribution in [3.63, 3.8) is 0 Å². The monoisotopic (exact) mass is 259 g/mol. The summed E-state index contributed by atoms with van der Waals surface area (Å²) < 4.78 is 9.24. The molecule has 0 aliphatic rings. The fraction of sp³-hybridized carbons (Fsp3) is 0.750. The number of carbonyl (C=O) groups excluding carboxylic acids is 3. The van der Waals surface area contributed by atoms with E-state index < -0.39 is 0 Å². The third kappa shape index (κ3) is 6.88. The first-order valence-corrected chi connectivity index (χ1v) is 6.05. The predicted molar refractivity (Wildman–Crippen MR) is 64.8 cm³/mol. The van der Waals surface area contributed by atoms with E-state index in [0.717, 1.165) is 0 Å². The Morgan fingerprint density at radius 2 is 1.67 bits per heavy atom. The van der Waals surface area contributed by atoms with Crippen molar-refractivity contribution < 1.29 is 23.9 Å². The Hall–Kier alpha value is -1.59. The Morgan fingerprint density at radius 1 is 1.00 bits per heavy atom. The van der Waals surface area contributed by atoms with Gasteiger partial charge in [-0.3, -0.25) is 14.4 Å². The van der Waals surface area contributed by atoms with Gasteiger partial charge in [0.15, 0.2) is 0 Å². The minimum atomic E-state index is -0.380. The quantitative estimate of drug-likeness (QED) is 0.601. The van der Waals surface area contributed by atoms with Crippen molar-refractivity contribution in [2.75, 3.05) is 26.8 Å². The number of carbonyl (C=O) groups is 3. The predicted octanol–water partition coefficient (Wildman–Crippen LogP) is 0.741. The van der Waals surface area contributed by atoms with Gasteiger partial charge in [-0.15, -0.1) is 0 Å². The van der Waals surface area contributed by atoms with Crippen molar-refractivity contribution in [1.29, 1.82) is 0 Å². The second-order valence-electron chi connectivity index (χ2n) is 3.60. The molecular formula is C12H21NO5. The lowest BCUT2D eigenvalue weighted by Crippen LogP contribution is -2.33. The van der Waals surface area contributed by atoms with Crippen LogP contribution >= 0.6 is 0 Å². The van der Waals surface area contributed by atoms with Crippen molar-refractivity contribution in [3.05, 3.63) is 0 Å². The molecule has 6 nitrogen and oxygen atoms in total. The highest BCUT2D eigenvalue weighted by Gasteiger charge is 2.15. The lowest BCUT2D eigenvalue weighted by atomic mass is 10.2. The zero-order valence-corrected chi connectivity index (χ0v) is 11.2. The van der Waals surface area contributed by atoms with Crippen LogP contribution in [0.1, 0.15) is 33.1 Å². The van der Waals surface area contributed by atoms with Crippen LogP contribution in [0.3, 0.4) is 0 Å². The first-order chi connectivity index (χ1) is 8.54. The zero-order valence-electron chi connectivity index (χ0n) is 11.2. The normalized spacial score (nSPS) is 9.72. The molecule has 0 unspecified atom stereocenters. The standard InChI is InChI=1S/C12H21NO5/c1-4-13(9-8-11(15)17-3)10(14)6-7-12(16)18-5-2/h4-9H2,1-3H3. The summed E-state index contributed by atoms with van der Waals surface area (Å²) in [6.45, 7) is 4.66. The number of hydrogen-bond donors (Lipinski definition) is 0. The summed E-state index contributed by atoms with van der Waals surface area (Å²) in [6.07, 6.45) is 0.338. The number of nitrogens with zero attached hydrogens (tertiary/aromatic N) is 1. The molecule has 1 amide bonds. The average Bonchev–Trinajstić information content (AvgIpc) is 2.37. The maximum atomic E-state index is 11.7. The van der Waals surface area contributed by atoms with Crippen molar-refractivity contribution in [3.8, 4) is 0 Å². The van der Waals surface area contributed by atoms with E-state index in [1.807, 2.05) is 6.92 Å². The first kappa shape index (κ1) is 16.4. The minimum absolute atomic E-state index is 0.0708. The van der Waals surface area contributed by atoms with E-state index in [1.54, 1.807) is 6.92 Å². The molecule has 6 heteroatoms. The van der Waals surface area contributed by atoms with Crippen molar-refractivity contribution in [2.45, 2.75) is 33.1 Å².